The second-order valence-corrected chi connectivity index (χ2v) is 7.37. The topological polar surface area (TPSA) is 65.0 Å². The molecule has 0 atom stereocenters. The van der Waals surface area contributed by atoms with Crippen LogP contribution in [0.15, 0.2) is 46.9 Å². The predicted molar refractivity (Wildman–Crippen MR) is 112 cm³/mol. The molecule has 0 bridgehead atoms. The molecule has 0 aromatic heterocycles. The van der Waals surface area contributed by atoms with Crippen molar-refractivity contribution in [3.63, 3.8) is 0 Å². The predicted octanol–water partition coefficient (Wildman–Crippen LogP) is 5.00. The smallest absolute Gasteiger partial charge is 0.341 e. The van der Waals surface area contributed by atoms with Gasteiger partial charge in [0, 0.05) is 16.2 Å². The Labute approximate surface area is 170 Å². The number of ether oxygens (including phenoxy) is 3. The Morgan fingerprint density at radius 2 is 1.79 bits per heavy atom. The molecule has 0 fully saturated rings. The highest BCUT2D eigenvalue weighted by Crippen LogP contribution is 2.39. The lowest BCUT2D eigenvalue weighted by atomic mass is 9.99. The molecule has 2 aromatic rings. The molecular weight excluding hydrogens is 376 g/mol. The van der Waals surface area contributed by atoms with Crippen molar-refractivity contribution in [2.75, 3.05) is 21.3 Å². The van der Waals surface area contributed by atoms with Gasteiger partial charge in [0.1, 0.15) is 22.8 Å². The Morgan fingerprint density at radius 3 is 2.39 bits per heavy atom. The summed E-state index contributed by atoms with van der Waals surface area (Å²) in [5.74, 6) is 1.06. The normalized spacial score (nSPS) is 10.3. The van der Waals surface area contributed by atoms with Gasteiger partial charge in [0.15, 0.2) is 0 Å². The Kier molecular flexibility index (Phi) is 7.81. The van der Waals surface area contributed by atoms with Gasteiger partial charge in [0.2, 0.25) is 0 Å². The van der Waals surface area contributed by atoms with Crippen molar-refractivity contribution in [1.29, 1.82) is 0 Å². The first kappa shape index (κ1) is 21.7. The van der Waals surface area contributed by atoms with Gasteiger partial charge in [0.25, 0.3) is 0 Å². The maximum absolute atomic E-state index is 12.4. The van der Waals surface area contributed by atoms with Crippen LogP contribution in [0.3, 0.4) is 0 Å². The standard InChI is InChI=1S/C22H26O5S/c1-14(2)10-11-16-18(26-4)12-15(20(21(16)23)22(24)27-5)13-28-19-9-7-6-8-17(19)25-3/h6-10,12,23H,11,13H2,1-5H3. The number of aromatic hydroxyl groups is 1. The fraction of sp³-hybridized carbons (Fsp3) is 0.318. The SMILES string of the molecule is COC(=O)c1c(CSc2ccccc2OC)cc(OC)c(CC=C(C)C)c1O. The lowest BCUT2D eigenvalue weighted by Gasteiger charge is -2.17. The number of carbonyl (C=O) groups is 1. The zero-order chi connectivity index (χ0) is 20.7. The van der Waals surface area contributed by atoms with Crippen molar-refractivity contribution >= 4 is 17.7 Å². The number of benzene rings is 2. The summed E-state index contributed by atoms with van der Waals surface area (Å²) < 4.78 is 15.8. The van der Waals surface area contributed by atoms with Gasteiger partial charge in [-0.2, -0.15) is 0 Å². The minimum atomic E-state index is -0.575. The molecule has 0 aliphatic carbocycles. The number of hydrogen-bond donors (Lipinski definition) is 1. The lowest BCUT2D eigenvalue weighted by molar-refractivity contribution is 0.0596. The van der Waals surface area contributed by atoms with Crippen molar-refractivity contribution in [2.45, 2.75) is 30.9 Å². The molecule has 0 aliphatic heterocycles. The summed E-state index contributed by atoms with van der Waals surface area (Å²) in [4.78, 5) is 13.3. The van der Waals surface area contributed by atoms with Crippen LogP contribution in [-0.2, 0) is 16.9 Å². The highest BCUT2D eigenvalue weighted by atomic mass is 32.2. The lowest BCUT2D eigenvalue weighted by Crippen LogP contribution is -2.08. The first-order valence-electron chi connectivity index (χ1n) is 8.82. The average Bonchev–Trinajstić information content (AvgIpc) is 2.70. The van der Waals surface area contributed by atoms with E-state index in [1.54, 1.807) is 20.3 Å². The van der Waals surface area contributed by atoms with E-state index < -0.39 is 5.97 Å². The van der Waals surface area contributed by atoms with Crippen LogP contribution in [0, 0.1) is 0 Å². The van der Waals surface area contributed by atoms with Gasteiger partial charge in [-0.15, -0.1) is 11.8 Å². The molecule has 0 unspecified atom stereocenters. The molecule has 1 N–H and O–H groups in total. The molecule has 0 aliphatic rings. The van der Waals surface area contributed by atoms with E-state index in [0.717, 1.165) is 16.2 Å². The summed E-state index contributed by atoms with van der Waals surface area (Å²) in [6, 6.07) is 9.44. The Balaban J connectivity index is 2.48. The van der Waals surface area contributed by atoms with Gasteiger partial charge >= 0.3 is 5.97 Å². The second kappa shape index (κ2) is 10.1. The third kappa shape index (κ3) is 5.01. The van der Waals surface area contributed by atoms with Gasteiger partial charge in [-0.25, -0.2) is 4.79 Å². The molecule has 0 heterocycles. The minimum absolute atomic E-state index is 0.0978. The number of phenols is 1. The van der Waals surface area contributed by atoms with Crippen LogP contribution < -0.4 is 9.47 Å². The van der Waals surface area contributed by atoms with Crippen molar-refractivity contribution in [1.82, 2.24) is 0 Å². The van der Waals surface area contributed by atoms with Crippen LogP contribution in [0.2, 0.25) is 0 Å². The number of hydrogen-bond acceptors (Lipinski definition) is 6. The molecule has 0 saturated heterocycles. The van der Waals surface area contributed by atoms with Crippen LogP contribution in [0.5, 0.6) is 17.2 Å². The van der Waals surface area contributed by atoms with Gasteiger partial charge < -0.3 is 19.3 Å². The summed E-state index contributed by atoms with van der Waals surface area (Å²) in [6.07, 6.45) is 2.43. The average molecular weight is 403 g/mol. The summed E-state index contributed by atoms with van der Waals surface area (Å²) in [5.41, 5.74) is 2.48. The third-order valence-corrected chi connectivity index (χ3v) is 5.33. The maximum Gasteiger partial charge on any atom is 0.341 e. The summed E-state index contributed by atoms with van der Waals surface area (Å²) in [6.45, 7) is 3.95. The molecule has 5 nitrogen and oxygen atoms in total. The van der Waals surface area contributed by atoms with Gasteiger partial charge in [0.05, 0.1) is 21.3 Å². The van der Waals surface area contributed by atoms with E-state index in [9.17, 15) is 9.90 Å². The summed E-state index contributed by atoms with van der Waals surface area (Å²) >= 11 is 1.51. The fourth-order valence-electron chi connectivity index (χ4n) is 2.76. The monoisotopic (exact) mass is 402 g/mol. The quantitative estimate of drug-likeness (QED) is 0.381. The van der Waals surface area contributed by atoms with Gasteiger partial charge in [-0.3, -0.25) is 0 Å². The number of thioether (sulfide) groups is 1. The largest absolute Gasteiger partial charge is 0.507 e. The second-order valence-electron chi connectivity index (χ2n) is 6.36. The van der Waals surface area contributed by atoms with Crippen LogP contribution in [0.25, 0.3) is 0 Å². The number of allylic oxidation sites excluding steroid dienone is 2. The van der Waals surface area contributed by atoms with E-state index in [2.05, 4.69) is 0 Å². The molecule has 2 aromatic carbocycles. The van der Waals surface area contributed by atoms with Crippen molar-refractivity contribution < 1.29 is 24.1 Å². The van der Waals surface area contributed by atoms with Gasteiger partial charge in [-0.1, -0.05) is 23.8 Å². The van der Waals surface area contributed by atoms with Gasteiger partial charge in [-0.05, 0) is 44.0 Å². The number of rotatable bonds is 8. The van der Waals surface area contributed by atoms with Crippen molar-refractivity contribution in [3.8, 4) is 17.2 Å². The van der Waals surface area contributed by atoms with E-state index in [1.807, 2.05) is 44.2 Å². The Hall–Kier alpha value is -2.60. The van der Waals surface area contributed by atoms with E-state index >= 15 is 0 Å². The Morgan fingerprint density at radius 1 is 1.11 bits per heavy atom. The van der Waals surface area contributed by atoms with Crippen molar-refractivity contribution in [3.05, 3.63) is 58.7 Å². The zero-order valence-corrected chi connectivity index (χ0v) is 17.7. The number of esters is 1. The number of methoxy groups -OCH3 is 3. The van der Waals surface area contributed by atoms with E-state index in [4.69, 9.17) is 14.2 Å². The third-order valence-electron chi connectivity index (χ3n) is 4.22. The highest BCUT2D eigenvalue weighted by molar-refractivity contribution is 7.98. The highest BCUT2D eigenvalue weighted by Gasteiger charge is 2.24. The number of para-hydroxylation sites is 1. The molecule has 28 heavy (non-hydrogen) atoms. The molecule has 0 saturated carbocycles. The van der Waals surface area contributed by atoms with Crippen LogP contribution in [0.4, 0.5) is 0 Å². The molecule has 0 amide bonds. The summed E-state index contributed by atoms with van der Waals surface area (Å²) in [7, 11) is 4.47. The Bertz CT molecular complexity index is 869. The molecule has 2 rings (SSSR count). The molecule has 150 valence electrons. The summed E-state index contributed by atoms with van der Waals surface area (Å²) in [5, 5.41) is 10.8. The van der Waals surface area contributed by atoms with E-state index in [-0.39, 0.29) is 11.3 Å². The van der Waals surface area contributed by atoms with Crippen LogP contribution in [0.1, 0.15) is 35.3 Å². The molecule has 0 spiro atoms. The van der Waals surface area contributed by atoms with E-state index in [1.165, 1.54) is 18.9 Å². The first-order chi connectivity index (χ1) is 13.4. The zero-order valence-electron chi connectivity index (χ0n) is 16.9. The maximum atomic E-state index is 12.4. The fourth-order valence-corrected chi connectivity index (χ4v) is 3.77. The number of phenolic OH excluding ortho intramolecular Hbond substituents is 1. The minimum Gasteiger partial charge on any atom is -0.507 e. The van der Waals surface area contributed by atoms with Crippen LogP contribution >= 0.6 is 11.8 Å². The van der Waals surface area contributed by atoms with Crippen molar-refractivity contribution in [2.24, 2.45) is 0 Å². The first-order valence-corrected chi connectivity index (χ1v) is 9.80. The molecule has 0 radical (unpaired) electrons. The molecule has 6 heteroatoms. The number of carbonyl (C=O) groups excluding carboxylic acids is 1. The molecular formula is C22H26O5S. The van der Waals surface area contributed by atoms with Crippen LogP contribution in [-0.4, -0.2) is 32.4 Å². The van der Waals surface area contributed by atoms with E-state index in [0.29, 0.717) is 29.1 Å².